The molecule has 122 valence electrons. The fourth-order valence-corrected chi connectivity index (χ4v) is 3.29. The Kier molecular flexibility index (Phi) is 4.22. The molecule has 2 heterocycles. The molecule has 23 heavy (non-hydrogen) atoms. The number of H-pyrrole nitrogens is 1. The van der Waals surface area contributed by atoms with Crippen LogP contribution in [0.15, 0.2) is 18.2 Å². The number of aromatic amines is 1. The van der Waals surface area contributed by atoms with E-state index in [4.69, 9.17) is 0 Å². The van der Waals surface area contributed by atoms with Crippen LogP contribution in [0.1, 0.15) is 38.4 Å². The van der Waals surface area contributed by atoms with Gasteiger partial charge in [-0.1, -0.05) is 29.3 Å². The second kappa shape index (κ2) is 6.16. The third-order valence-electron chi connectivity index (χ3n) is 4.31. The van der Waals surface area contributed by atoms with E-state index in [1.807, 2.05) is 0 Å². The monoisotopic (exact) mass is 312 g/mol. The van der Waals surface area contributed by atoms with Crippen LogP contribution in [-0.2, 0) is 19.5 Å². The van der Waals surface area contributed by atoms with Crippen molar-refractivity contribution in [3.8, 4) is 0 Å². The number of aromatic nitrogens is 2. The lowest BCUT2D eigenvalue weighted by Crippen LogP contribution is -2.32. The molecule has 1 aliphatic heterocycles. The van der Waals surface area contributed by atoms with E-state index in [1.165, 1.54) is 16.7 Å². The molecule has 1 aromatic heterocycles. The summed E-state index contributed by atoms with van der Waals surface area (Å²) in [6, 6.07) is 6.68. The Bertz CT molecular complexity index is 712. The second-order valence-electron chi connectivity index (χ2n) is 6.69. The van der Waals surface area contributed by atoms with Crippen molar-refractivity contribution in [2.75, 3.05) is 20.6 Å². The highest BCUT2D eigenvalue weighted by molar-refractivity contribution is 5.93. The van der Waals surface area contributed by atoms with E-state index in [0.717, 1.165) is 37.3 Å². The molecule has 1 aliphatic rings. The van der Waals surface area contributed by atoms with Crippen LogP contribution in [-0.4, -0.2) is 46.5 Å². The number of fused-ring (bicyclic) bond motifs is 1. The zero-order valence-electron chi connectivity index (χ0n) is 14.3. The molecular weight excluding hydrogens is 288 g/mol. The second-order valence-corrected chi connectivity index (χ2v) is 6.69. The maximum absolute atomic E-state index is 12.3. The number of carbonyl (C=O) groups excluding carboxylic acids is 1. The first-order valence-electron chi connectivity index (χ1n) is 8.01. The van der Waals surface area contributed by atoms with Crippen molar-refractivity contribution in [2.24, 2.45) is 0 Å². The number of aryl methyl sites for hydroxylation is 2. The van der Waals surface area contributed by atoms with Crippen molar-refractivity contribution < 1.29 is 4.79 Å². The van der Waals surface area contributed by atoms with Gasteiger partial charge in [0, 0.05) is 51.4 Å². The molecule has 0 fully saturated rings. The summed E-state index contributed by atoms with van der Waals surface area (Å²) >= 11 is 0. The van der Waals surface area contributed by atoms with Crippen LogP contribution in [0, 0.1) is 13.8 Å². The molecule has 0 atom stereocenters. The summed E-state index contributed by atoms with van der Waals surface area (Å²) in [5.74, 6) is -0.0317. The van der Waals surface area contributed by atoms with Gasteiger partial charge in [0.05, 0.1) is 0 Å². The predicted octanol–water partition coefficient (Wildman–Crippen LogP) is 2.29. The molecule has 0 bridgehead atoms. The average molecular weight is 312 g/mol. The van der Waals surface area contributed by atoms with E-state index in [1.54, 1.807) is 19.0 Å². The number of carbonyl (C=O) groups is 1. The smallest absolute Gasteiger partial charge is 0.274 e. The van der Waals surface area contributed by atoms with Gasteiger partial charge in [0.25, 0.3) is 5.91 Å². The van der Waals surface area contributed by atoms with Crippen molar-refractivity contribution in [3.63, 3.8) is 0 Å². The van der Waals surface area contributed by atoms with Gasteiger partial charge in [0.2, 0.25) is 0 Å². The zero-order chi connectivity index (χ0) is 16.6. The topological polar surface area (TPSA) is 52.2 Å². The van der Waals surface area contributed by atoms with Crippen LogP contribution in [0.25, 0.3) is 0 Å². The first-order chi connectivity index (χ1) is 10.9. The quantitative estimate of drug-likeness (QED) is 0.946. The van der Waals surface area contributed by atoms with E-state index in [-0.39, 0.29) is 5.91 Å². The maximum atomic E-state index is 12.3. The zero-order valence-corrected chi connectivity index (χ0v) is 14.3. The third kappa shape index (κ3) is 3.29. The summed E-state index contributed by atoms with van der Waals surface area (Å²) in [6.45, 7) is 6.93. The van der Waals surface area contributed by atoms with Gasteiger partial charge in [-0.25, -0.2) is 0 Å². The molecule has 0 unspecified atom stereocenters. The highest BCUT2D eigenvalue weighted by Crippen LogP contribution is 2.23. The van der Waals surface area contributed by atoms with Gasteiger partial charge in [0.15, 0.2) is 5.69 Å². The van der Waals surface area contributed by atoms with Gasteiger partial charge in [0.1, 0.15) is 0 Å². The van der Waals surface area contributed by atoms with Crippen molar-refractivity contribution in [3.05, 3.63) is 51.8 Å². The molecule has 3 rings (SSSR count). The minimum atomic E-state index is -0.0317. The predicted molar refractivity (Wildman–Crippen MR) is 90.3 cm³/mol. The molecule has 0 spiro atoms. The Hall–Kier alpha value is -2.14. The first kappa shape index (κ1) is 15.7. The van der Waals surface area contributed by atoms with Crippen molar-refractivity contribution in [2.45, 2.75) is 33.4 Å². The summed E-state index contributed by atoms with van der Waals surface area (Å²) in [4.78, 5) is 16.2. The summed E-state index contributed by atoms with van der Waals surface area (Å²) in [5, 5.41) is 7.29. The number of benzene rings is 1. The van der Waals surface area contributed by atoms with Crippen LogP contribution in [0.4, 0.5) is 0 Å². The fourth-order valence-electron chi connectivity index (χ4n) is 3.29. The minimum absolute atomic E-state index is 0.0317. The average Bonchev–Trinajstić information content (AvgIpc) is 2.88. The van der Waals surface area contributed by atoms with Crippen LogP contribution in [0.2, 0.25) is 0 Å². The molecule has 5 nitrogen and oxygen atoms in total. The number of nitrogens with one attached hydrogen (secondary N) is 1. The number of rotatable bonds is 3. The lowest BCUT2D eigenvalue weighted by atomic mass is 10.0. The largest absolute Gasteiger partial charge is 0.343 e. The van der Waals surface area contributed by atoms with E-state index >= 15 is 0 Å². The molecule has 0 saturated heterocycles. The van der Waals surface area contributed by atoms with Gasteiger partial charge in [-0.3, -0.25) is 14.8 Å². The Morgan fingerprint density at radius 3 is 2.61 bits per heavy atom. The van der Waals surface area contributed by atoms with Crippen LogP contribution in [0.3, 0.4) is 0 Å². The lowest BCUT2D eigenvalue weighted by Gasteiger charge is -2.27. The summed E-state index contributed by atoms with van der Waals surface area (Å²) in [5.41, 5.74) is 6.64. The van der Waals surface area contributed by atoms with Crippen molar-refractivity contribution in [1.82, 2.24) is 20.0 Å². The Morgan fingerprint density at radius 1 is 1.26 bits per heavy atom. The van der Waals surface area contributed by atoms with Gasteiger partial charge in [-0.15, -0.1) is 0 Å². The first-order valence-corrected chi connectivity index (χ1v) is 8.01. The van der Waals surface area contributed by atoms with E-state index in [9.17, 15) is 4.79 Å². The van der Waals surface area contributed by atoms with Crippen LogP contribution in [0.5, 0.6) is 0 Å². The van der Waals surface area contributed by atoms with Crippen LogP contribution < -0.4 is 0 Å². The fraction of sp³-hybridized carbons (Fsp3) is 0.444. The van der Waals surface area contributed by atoms with Gasteiger partial charge >= 0.3 is 0 Å². The summed E-state index contributed by atoms with van der Waals surface area (Å²) in [6.07, 6.45) is 0.911. The highest BCUT2D eigenvalue weighted by Gasteiger charge is 2.26. The molecule has 2 aromatic rings. The van der Waals surface area contributed by atoms with Gasteiger partial charge in [-0.05, 0) is 19.4 Å². The Balaban J connectivity index is 1.79. The highest BCUT2D eigenvalue weighted by atomic mass is 16.2. The molecule has 1 N–H and O–H groups in total. The number of hydrogen-bond acceptors (Lipinski definition) is 3. The van der Waals surface area contributed by atoms with E-state index < -0.39 is 0 Å². The van der Waals surface area contributed by atoms with Crippen molar-refractivity contribution >= 4 is 5.91 Å². The normalized spacial score (nSPS) is 14.6. The van der Waals surface area contributed by atoms with Crippen molar-refractivity contribution in [1.29, 1.82) is 0 Å². The van der Waals surface area contributed by atoms with Gasteiger partial charge < -0.3 is 4.90 Å². The standard InChI is InChI=1S/C18H24N4O/c1-12-7-13(2)9-14(8-12)10-22-6-5-16-15(11-22)17(20-19-16)18(23)21(3)4/h7-9H,5-6,10-11H2,1-4H3,(H,19,20). The number of hydrogen-bond donors (Lipinski definition) is 1. The number of amides is 1. The van der Waals surface area contributed by atoms with E-state index in [0.29, 0.717) is 5.69 Å². The molecule has 0 saturated carbocycles. The molecule has 0 radical (unpaired) electrons. The Morgan fingerprint density at radius 2 is 1.96 bits per heavy atom. The minimum Gasteiger partial charge on any atom is -0.343 e. The van der Waals surface area contributed by atoms with Crippen LogP contribution >= 0.6 is 0 Å². The summed E-state index contributed by atoms with van der Waals surface area (Å²) in [7, 11) is 3.53. The number of nitrogens with zero attached hydrogens (tertiary/aromatic N) is 3. The molecule has 1 amide bonds. The maximum Gasteiger partial charge on any atom is 0.274 e. The summed E-state index contributed by atoms with van der Waals surface area (Å²) < 4.78 is 0. The Labute approximate surface area is 137 Å². The van der Waals surface area contributed by atoms with Gasteiger partial charge in [-0.2, -0.15) is 5.10 Å². The SMILES string of the molecule is Cc1cc(C)cc(CN2CCc3[nH]nc(C(=O)N(C)C)c3C2)c1. The molecule has 1 aromatic carbocycles. The van der Waals surface area contributed by atoms with E-state index in [2.05, 4.69) is 47.1 Å². The molecule has 5 heteroatoms. The molecular formula is C18H24N4O. The third-order valence-corrected chi connectivity index (χ3v) is 4.31. The molecule has 0 aliphatic carbocycles. The lowest BCUT2D eigenvalue weighted by molar-refractivity contribution is 0.0819.